The smallest absolute Gasteiger partial charge is 0.161 e. The summed E-state index contributed by atoms with van der Waals surface area (Å²) in [5, 5.41) is 11.3. The molecule has 1 aliphatic rings. The Kier molecular flexibility index (Phi) is 11.1. The van der Waals surface area contributed by atoms with Crippen LogP contribution in [0.4, 0.5) is 0 Å². The lowest BCUT2D eigenvalue weighted by Gasteiger charge is -2.23. The summed E-state index contributed by atoms with van der Waals surface area (Å²) in [6, 6.07) is 22.7. The number of halogens is 1. The fourth-order valence-corrected chi connectivity index (χ4v) is 4.82. The van der Waals surface area contributed by atoms with Crippen LogP contribution < -0.4 is 14.2 Å². The van der Waals surface area contributed by atoms with Crippen molar-refractivity contribution >= 4 is 12.4 Å². The van der Waals surface area contributed by atoms with Crippen molar-refractivity contribution in [3.63, 3.8) is 0 Å². The maximum Gasteiger partial charge on any atom is 0.161 e. The maximum absolute atomic E-state index is 11.3. The molecule has 0 aromatic heterocycles. The third-order valence-electron chi connectivity index (χ3n) is 7.13. The Morgan fingerprint density at radius 2 is 1.50 bits per heavy atom. The van der Waals surface area contributed by atoms with Crippen molar-refractivity contribution in [2.75, 3.05) is 34.4 Å². The highest BCUT2D eigenvalue weighted by molar-refractivity contribution is 5.85. The average Bonchev–Trinajstić information content (AvgIpc) is 3.09. The topological polar surface area (TPSA) is 51.2 Å². The molecule has 0 saturated heterocycles. The van der Waals surface area contributed by atoms with E-state index in [0.29, 0.717) is 19.4 Å². The van der Waals surface area contributed by atoms with Gasteiger partial charge in [-0.05, 0) is 85.7 Å². The van der Waals surface area contributed by atoms with Crippen LogP contribution in [0, 0.1) is 0 Å². The van der Waals surface area contributed by atoms with Crippen LogP contribution >= 0.6 is 12.4 Å². The molecule has 0 amide bonds. The molecule has 38 heavy (non-hydrogen) atoms. The van der Waals surface area contributed by atoms with Gasteiger partial charge in [-0.2, -0.15) is 0 Å². The molecule has 0 aliphatic heterocycles. The Bertz CT molecular complexity index is 1150. The SMILES string of the molecule is COc1cc2c(cc1OC)CCC(O)(C=CCN(C)CCc1cccc(OCc3ccccc3)c1)CC2.Cl. The molecule has 0 bridgehead atoms. The molecule has 0 unspecified atom stereocenters. The minimum atomic E-state index is -0.801. The second-order valence-corrected chi connectivity index (χ2v) is 9.92. The molecule has 0 heterocycles. The van der Waals surface area contributed by atoms with E-state index in [1.165, 1.54) is 16.7 Å². The van der Waals surface area contributed by atoms with Gasteiger partial charge in [0.1, 0.15) is 12.4 Å². The first-order valence-corrected chi connectivity index (χ1v) is 13.1. The first kappa shape index (κ1) is 29.6. The summed E-state index contributed by atoms with van der Waals surface area (Å²) in [6.07, 6.45) is 8.08. The third kappa shape index (κ3) is 8.26. The summed E-state index contributed by atoms with van der Waals surface area (Å²) < 4.78 is 16.9. The number of hydrogen-bond acceptors (Lipinski definition) is 5. The summed E-state index contributed by atoms with van der Waals surface area (Å²) in [7, 11) is 5.44. The Morgan fingerprint density at radius 3 is 2.13 bits per heavy atom. The third-order valence-corrected chi connectivity index (χ3v) is 7.13. The van der Waals surface area contributed by atoms with E-state index < -0.39 is 5.60 Å². The molecule has 3 aromatic carbocycles. The molecule has 0 atom stereocenters. The van der Waals surface area contributed by atoms with Crippen molar-refractivity contribution in [1.82, 2.24) is 4.90 Å². The standard InChI is InChI=1S/C32H39NO4.ClH/c1-33(20-15-25-11-7-12-29(21-25)37-24-26-9-5-4-6-10-26)19-8-16-32(34)17-13-27-22-30(35-2)31(36-3)23-28(27)14-18-32;/h4-12,16,21-23,34H,13-15,17-20,24H2,1-3H3;1H. The molecule has 6 heteroatoms. The van der Waals surface area contributed by atoms with Gasteiger partial charge in [0.15, 0.2) is 11.5 Å². The highest BCUT2D eigenvalue weighted by Crippen LogP contribution is 2.36. The number of rotatable bonds is 11. The van der Waals surface area contributed by atoms with Gasteiger partial charge in [-0.1, -0.05) is 54.6 Å². The van der Waals surface area contributed by atoms with Crippen molar-refractivity contribution in [2.45, 2.75) is 44.3 Å². The molecular formula is C32H40ClNO4. The van der Waals surface area contributed by atoms with Crippen molar-refractivity contribution in [2.24, 2.45) is 0 Å². The van der Waals surface area contributed by atoms with Gasteiger partial charge in [0.25, 0.3) is 0 Å². The minimum absolute atomic E-state index is 0. The van der Waals surface area contributed by atoms with Crippen LogP contribution in [0.2, 0.25) is 0 Å². The minimum Gasteiger partial charge on any atom is -0.493 e. The van der Waals surface area contributed by atoms with E-state index >= 15 is 0 Å². The number of nitrogens with zero attached hydrogens (tertiary/aromatic N) is 1. The molecule has 4 rings (SSSR count). The molecule has 0 spiro atoms. The van der Waals surface area contributed by atoms with Crippen LogP contribution in [-0.2, 0) is 25.9 Å². The first-order valence-electron chi connectivity index (χ1n) is 13.1. The second kappa shape index (κ2) is 14.2. The van der Waals surface area contributed by atoms with Crippen LogP contribution in [0.3, 0.4) is 0 Å². The zero-order chi connectivity index (χ0) is 26.1. The number of benzene rings is 3. The molecule has 0 saturated carbocycles. The van der Waals surface area contributed by atoms with Crippen LogP contribution in [0.1, 0.15) is 35.1 Å². The molecule has 0 fully saturated rings. The fourth-order valence-electron chi connectivity index (χ4n) is 4.82. The van der Waals surface area contributed by atoms with Gasteiger partial charge in [0, 0.05) is 13.1 Å². The zero-order valence-corrected chi connectivity index (χ0v) is 23.5. The molecule has 1 N–H and O–H groups in total. The van der Waals surface area contributed by atoms with E-state index in [9.17, 15) is 5.11 Å². The van der Waals surface area contributed by atoms with Crippen LogP contribution in [-0.4, -0.2) is 50.0 Å². The summed E-state index contributed by atoms with van der Waals surface area (Å²) in [5.41, 5.74) is 4.08. The highest BCUT2D eigenvalue weighted by Gasteiger charge is 2.28. The predicted octanol–water partition coefficient (Wildman–Crippen LogP) is 6.05. The summed E-state index contributed by atoms with van der Waals surface area (Å²) in [4.78, 5) is 2.28. The largest absolute Gasteiger partial charge is 0.493 e. The normalized spacial score (nSPS) is 14.4. The molecule has 3 aromatic rings. The Hall–Kier alpha value is -2.99. The summed E-state index contributed by atoms with van der Waals surface area (Å²) in [6.45, 7) is 2.29. The van der Waals surface area contributed by atoms with Gasteiger partial charge in [-0.15, -0.1) is 12.4 Å². The van der Waals surface area contributed by atoms with Crippen LogP contribution in [0.25, 0.3) is 0 Å². The fraction of sp³-hybridized carbons (Fsp3) is 0.375. The van der Waals surface area contributed by atoms with Gasteiger partial charge in [0.2, 0.25) is 0 Å². The van der Waals surface area contributed by atoms with Crippen molar-refractivity contribution in [1.29, 1.82) is 0 Å². The second-order valence-electron chi connectivity index (χ2n) is 9.92. The van der Waals surface area contributed by atoms with E-state index in [-0.39, 0.29) is 12.4 Å². The van der Waals surface area contributed by atoms with E-state index in [1.807, 2.05) is 30.3 Å². The number of ether oxygens (including phenoxy) is 3. The summed E-state index contributed by atoms with van der Waals surface area (Å²) >= 11 is 0. The number of likely N-dealkylation sites (N-methyl/N-ethyl adjacent to an activating group) is 1. The van der Waals surface area contributed by atoms with E-state index in [0.717, 1.165) is 55.2 Å². The Balaban J connectivity index is 0.00000400. The lowest BCUT2D eigenvalue weighted by atomic mass is 9.93. The lowest BCUT2D eigenvalue weighted by Crippen LogP contribution is -2.27. The number of aliphatic hydroxyl groups is 1. The highest BCUT2D eigenvalue weighted by atomic mass is 35.5. The molecule has 204 valence electrons. The Morgan fingerprint density at radius 1 is 0.868 bits per heavy atom. The van der Waals surface area contributed by atoms with Crippen LogP contribution in [0.15, 0.2) is 78.9 Å². The zero-order valence-electron chi connectivity index (χ0n) is 22.7. The maximum atomic E-state index is 11.3. The monoisotopic (exact) mass is 537 g/mol. The lowest BCUT2D eigenvalue weighted by molar-refractivity contribution is 0.0751. The first-order chi connectivity index (χ1) is 18.0. The molecule has 0 radical (unpaired) electrons. The van der Waals surface area contributed by atoms with E-state index in [4.69, 9.17) is 14.2 Å². The van der Waals surface area contributed by atoms with E-state index in [1.54, 1.807) is 14.2 Å². The number of hydrogen-bond donors (Lipinski definition) is 1. The quantitative estimate of drug-likeness (QED) is 0.238. The predicted molar refractivity (Wildman–Crippen MR) is 156 cm³/mol. The van der Waals surface area contributed by atoms with Gasteiger partial charge < -0.3 is 24.2 Å². The van der Waals surface area contributed by atoms with Gasteiger partial charge in [-0.25, -0.2) is 0 Å². The molecule has 5 nitrogen and oxygen atoms in total. The molecular weight excluding hydrogens is 498 g/mol. The van der Waals surface area contributed by atoms with Gasteiger partial charge >= 0.3 is 0 Å². The van der Waals surface area contributed by atoms with Crippen LogP contribution in [0.5, 0.6) is 17.2 Å². The van der Waals surface area contributed by atoms with Gasteiger partial charge in [0.05, 0.1) is 19.8 Å². The van der Waals surface area contributed by atoms with Crippen molar-refractivity contribution < 1.29 is 19.3 Å². The number of aryl methyl sites for hydroxylation is 2. The Labute approximate surface area is 233 Å². The van der Waals surface area contributed by atoms with Crippen molar-refractivity contribution in [3.8, 4) is 17.2 Å². The number of methoxy groups -OCH3 is 2. The number of fused-ring (bicyclic) bond motifs is 1. The van der Waals surface area contributed by atoms with E-state index in [2.05, 4.69) is 60.5 Å². The average molecular weight is 538 g/mol. The van der Waals surface area contributed by atoms with Crippen molar-refractivity contribution in [3.05, 3.63) is 101 Å². The molecule has 1 aliphatic carbocycles. The summed E-state index contributed by atoms with van der Waals surface area (Å²) in [5.74, 6) is 2.39. The van der Waals surface area contributed by atoms with Gasteiger partial charge in [-0.3, -0.25) is 0 Å².